The summed E-state index contributed by atoms with van der Waals surface area (Å²) in [6, 6.07) is 74.0. The number of nitrogens with zero attached hydrogens (tertiary/aromatic N) is 3. The van der Waals surface area contributed by atoms with E-state index >= 15 is 0 Å². The average Bonchev–Trinajstić information content (AvgIpc) is 3.71. The van der Waals surface area contributed by atoms with E-state index < -0.39 is 0 Å². The number of rotatable bonds is 7. The topological polar surface area (TPSA) is 51.8 Å². The molecule has 0 fully saturated rings. The molecule has 4 heteroatoms. The Kier molecular flexibility index (Phi) is 8.45. The monoisotopic (exact) mass is 753 g/mol. The lowest BCUT2D eigenvalue weighted by atomic mass is 9.97. The van der Waals surface area contributed by atoms with Crippen LogP contribution in [0.4, 0.5) is 0 Å². The summed E-state index contributed by atoms with van der Waals surface area (Å²) < 4.78 is 6.74. The van der Waals surface area contributed by atoms with Gasteiger partial charge in [0.1, 0.15) is 11.2 Å². The lowest BCUT2D eigenvalue weighted by molar-refractivity contribution is 0.670. The summed E-state index contributed by atoms with van der Waals surface area (Å²) in [4.78, 5) is 15.6. The summed E-state index contributed by atoms with van der Waals surface area (Å²) in [6.07, 6.45) is 0. The zero-order valence-electron chi connectivity index (χ0n) is 32.0. The fourth-order valence-corrected chi connectivity index (χ4v) is 8.16. The van der Waals surface area contributed by atoms with Crippen LogP contribution < -0.4 is 0 Å². The highest BCUT2D eigenvalue weighted by molar-refractivity contribution is 6.15. The molecule has 0 saturated carbocycles. The van der Waals surface area contributed by atoms with E-state index in [9.17, 15) is 0 Å². The first-order valence-electron chi connectivity index (χ1n) is 19.8. The summed E-state index contributed by atoms with van der Waals surface area (Å²) in [5, 5.41) is 4.27. The molecular weight excluding hydrogens is 719 g/mol. The summed E-state index contributed by atoms with van der Waals surface area (Å²) in [7, 11) is 0. The molecule has 59 heavy (non-hydrogen) atoms. The maximum Gasteiger partial charge on any atom is 0.164 e. The first-order valence-corrected chi connectivity index (χ1v) is 19.8. The molecule has 0 saturated heterocycles. The van der Waals surface area contributed by atoms with Crippen molar-refractivity contribution in [1.29, 1.82) is 0 Å². The van der Waals surface area contributed by atoms with Crippen LogP contribution in [0.15, 0.2) is 217 Å². The van der Waals surface area contributed by atoms with E-state index in [0.717, 1.165) is 77.2 Å². The molecular formula is C55H35N3O. The van der Waals surface area contributed by atoms with Crippen molar-refractivity contribution in [3.05, 3.63) is 212 Å². The van der Waals surface area contributed by atoms with Gasteiger partial charge in [0, 0.05) is 33.0 Å². The average molecular weight is 754 g/mol. The lowest BCUT2D eigenvalue weighted by Gasteiger charge is -2.11. The van der Waals surface area contributed by atoms with Gasteiger partial charge >= 0.3 is 0 Å². The Hall–Kier alpha value is -7.95. The molecule has 0 aliphatic heterocycles. The Labute approximate surface area is 341 Å². The van der Waals surface area contributed by atoms with E-state index in [1.165, 1.54) is 16.7 Å². The first kappa shape index (κ1) is 34.3. The number of para-hydroxylation sites is 1. The molecule has 2 heterocycles. The Balaban J connectivity index is 1.05. The van der Waals surface area contributed by atoms with E-state index in [1.807, 2.05) is 24.3 Å². The van der Waals surface area contributed by atoms with Crippen LogP contribution in [-0.4, -0.2) is 15.0 Å². The molecule has 0 aliphatic rings. The third kappa shape index (κ3) is 6.43. The van der Waals surface area contributed by atoms with E-state index in [2.05, 4.69) is 188 Å². The van der Waals surface area contributed by atoms with Gasteiger partial charge in [0.2, 0.25) is 0 Å². The molecule has 276 valence electrons. The van der Waals surface area contributed by atoms with Gasteiger partial charge in [-0.05, 0) is 74.0 Å². The normalized spacial score (nSPS) is 11.4. The molecule has 2 aromatic heterocycles. The predicted molar refractivity (Wildman–Crippen MR) is 243 cm³/mol. The first-order chi connectivity index (χ1) is 29.2. The van der Waals surface area contributed by atoms with Gasteiger partial charge in [-0.1, -0.05) is 188 Å². The fourth-order valence-electron chi connectivity index (χ4n) is 8.16. The van der Waals surface area contributed by atoms with Crippen molar-refractivity contribution in [3.8, 4) is 78.7 Å². The zero-order chi connectivity index (χ0) is 39.1. The number of fused-ring (bicyclic) bond motifs is 4. The molecule has 0 unspecified atom stereocenters. The second kappa shape index (κ2) is 14.5. The van der Waals surface area contributed by atoms with Crippen LogP contribution in [0.3, 0.4) is 0 Å². The van der Waals surface area contributed by atoms with Crippen LogP contribution in [0.1, 0.15) is 0 Å². The van der Waals surface area contributed by atoms with Crippen molar-refractivity contribution in [3.63, 3.8) is 0 Å². The highest BCUT2D eigenvalue weighted by atomic mass is 16.3. The number of furan rings is 1. The van der Waals surface area contributed by atoms with Crippen LogP contribution in [-0.2, 0) is 0 Å². The van der Waals surface area contributed by atoms with Gasteiger partial charge in [-0.2, -0.15) is 0 Å². The lowest BCUT2D eigenvalue weighted by Crippen LogP contribution is -2.00. The molecule has 0 atom stereocenters. The van der Waals surface area contributed by atoms with Crippen LogP contribution >= 0.6 is 0 Å². The Morgan fingerprint density at radius 2 is 0.780 bits per heavy atom. The minimum Gasteiger partial charge on any atom is -0.455 e. The largest absolute Gasteiger partial charge is 0.455 e. The number of hydrogen-bond donors (Lipinski definition) is 0. The van der Waals surface area contributed by atoms with Gasteiger partial charge in [0.05, 0.1) is 0 Å². The van der Waals surface area contributed by atoms with E-state index in [4.69, 9.17) is 19.4 Å². The molecule has 0 aliphatic carbocycles. The van der Waals surface area contributed by atoms with Crippen molar-refractivity contribution < 1.29 is 4.42 Å². The van der Waals surface area contributed by atoms with E-state index in [0.29, 0.717) is 17.5 Å². The number of aromatic nitrogens is 3. The third-order valence-electron chi connectivity index (χ3n) is 11.1. The quantitative estimate of drug-likeness (QED) is 0.163. The molecule has 0 bridgehead atoms. The van der Waals surface area contributed by atoms with Crippen LogP contribution in [0, 0.1) is 0 Å². The maximum atomic E-state index is 6.74. The highest BCUT2D eigenvalue weighted by Crippen LogP contribution is 2.41. The summed E-state index contributed by atoms with van der Waals surface area (Å²) in [5.74, 6) is 1.80. The smallest absolute Gasteiger partial charge is 0.164 e. The second-order valence-corrected chi connectivity index (χ2v) is 14.8. The Bertz CT molecular complexity index is 3320. The van der Waals surface area contributed by atoms with E-state index in [-0.39, 0.29) is 0 Å². The summed E-state index contributed by atoms with van der Waals surface area (Å²) >= 11 is 0. The van der Waals surface area contributed by atoms with Crippen molar-refractivity contribution in [2.24, 2.45) is 0 Å². The van der Waals surface area contributed by atoms with Crippen molar-refractivity contribution in [1.82, 2.24) is 15.0 Å². The zero-order valence-corrected chi connectivity index (χ0v) is 32.0. The molecule has 0 amide bonds. The third-order valence-corrected chi connectivity index (χ3v) is 11.1. The molecule has 11 aromatic rings. The van der Waals surface area contributed by atoms with Gasteiger partial charge in [0.15, 0.2) is 17.5 Å². The van der Waals surface area contributed by atoms with Gasteiger partial charge < -0.3 is 4.42 Å². The molecule has 9 aromatic carbocycles. The fraction of sp³-hybridized carbons (Fsp3) is 0. The van der Waals surface area contributed by atoms with Crippen molar-refractivity contribution in [2.75, 3.05) is 0 Å². The molecule has 4 nitrogen and oxygen atoms in total. The van der Waals surface area contributed by atoms with Gasteiger partial charge in [-0.3, -0.25) is 0 Å². The molecule has 0 N–H and O–H groups in total. The van der Waals surface area contributed by atoms with Gasteiger partial charge in [0.25, 0.3) is 0 Å². The standard InChI is InChI=1S/C55H35N3O/c1-3-13-36(14-4-1)42-19-9-20-43(33-42)39-27-30-40(31-28-39)53-56-54(46-32-29-38-17-7-8-18-41(38)35-46)58-55(57-53)49-25-12-26-50-51(49)48-24-11-23-47(52(48)59-50)45-22-10-21-44(34-45)37-15-5-2-6-16-37/h1-35H. The maximum absolute atomic E-state index is 6.74. The van der Waals surface area contributed by atoms with Crippen LogP contribution in [0.25, 0.3) is 111 Å². The minimum atomic E-state index is 0.586. The second-order valence-electron chi connectivity index (χ2n) is 14.8. The van der Waals surface area contributed by atoms with Crippen LogP contribution in [0.2, 0.25) is 0 Å². The van der Waals surface area contributed by atoms with E-state index in [1.54, 1.807) is 0 Å². The number of hydrogen-bond acceptors (Lipinski definition) is 4. The highest BCUT2D eigenvalue weighted by Gasteiger charge is 2.20. The van der Waals surface area contributed by atoms with Gasteiger partial charge in [-0.15, -0.1) is 0 Å². The predicted octanol–water partition coefficient (Wildman–Crippen LogP) is 14.6. The van der Waals surface area contributed by atoms with Gasteiger partial charge in [-0.25, -0.2) is 15.0 Å². The Morgan fingerprint density at radius 1 is 0.288 bits per heavy atom. The summed E-state index contributed by atoms with van der Waals surface area (Å²) in [5.41, 5.74) is 13.4. The van der Waals surface area contributed by atoms with Crippen molar-refractivity contribution >= 4 is 32.7 Å². The van der Waals surface area contributed by atoms with Crippen LogP contribution in [0.5, 0.6) is 0 Å². The summed E-state index contributed by atoms with van der Waals surface area (Å²) in [6.45, 7) is 0. The molecule has 11 rings (SSSR count). The molecule has 0 spiro atoms. The minimum absolute atomic E-state index is 0.586. The SMILES string of the molecule is c1ccc(-c2cccc(-c3ccc(-c4nc(-c5ccc6ccccc6c5)nc(-c5cccc6oc7c(-c8cccc(-c9ccccc9)c8)cccc7c56)n4)cc3)c2)cc1. The van der Waals surface area contributed by atoms with Crippen molar-refractivity contribution in [2.45, 2.75) is 0 Å². The molecule has 0 radical (unpaired) electrons. The Morgan fingerprint density at radius 3 is 1.49 bits per heavy atom. The number of benzene rings is 9.